The zero-order valence-electron chi connectivity index (χ0n) is 12.2. The second kappa shape index (κ2) is 6.51. The molecule has 0 saturated heterocycles. The third-order valence-corrected chi connectivity index (χ3v) is 2.41. The van der Waals surface area contributed by atoms with Gasteiger partial charge in [0.05, 0.1) is 12.7 Å². The maximum Gasteiger partial charge on any atom is 0.408 e. The Kier molecular flexibility index (Phi) is 5.23. The number of amides is 1. The first-order valence-electron chi connectivity index (χ1n) is 6.15. The average Bonchev–Trinajstić information content (AvgIpc) is 2.34. The summed E-state index contributed by atoms with van der Waals surface area (Å²) in [6.07, 6.45) is -0.730. The number of carbonyl (C=O) groups excluding carboxylic acids is 2. The van der Waals surface area contributed by atoms with Crippen molar-refractivity contribution in [2.45, 2.75) is 32.4 Å². The van der Waals surface area contributed by atoms with E-state index in [1.165, 1.54) is 7.11 Å². The van der Waals surface area contributed by atoms with E-state index in [2.05, 4.69) is 5.32 Å². The van der Waals surface area contributed by atoms with Crippen molar-refractivity contribution >= 4 is 12.4 Å². The molecule has 0 aliphatic heterocycles. The molecule has 1 rings (SSSR count). The van der Waals surface area contributed by atoms with Gasteiger partial charge in [0.1, 0.15) is 35.3 Å². The summed E-state index contributed by atoms with van der Waals surface area (Å²) in [5.74, 6) is -2.03. The highest BCUT2D eigenvalue weighted by molar-refractivity contribution is 5.74. The summed E-state index contributed by atoms with van der Waals surface area (Å²) >= 11 is 0. The van der Waals surface area contributed by atoms with E-state index in [0.29, 0.717) is 0 Å². The van der Waals surface area contributed by atoms with Crippen LogP contribution in [0, 0.1) is 11.6 Å². The first-order chi connectivity index (χ1) is 9.67. The first kappa shape index (κ1) is 16.9. The van der Waals surface area contributed by atoms with Crippen LogP contribution in [0.2, 0.25) is 0 Å². The lowest BCUT2D eigenvalue weighted by atomic mass is 10.1. The summed E-state index contributed by atoms with van der Waals surface area (Å²) in [4.78, 5) is 22.6. The Morgan fingerprint density at radius 3 is 2.19 bits per heavy atom. The van der Waals surface area contributed by atoms with E-state index in [4.69, 9.17) is 9.47 Å². The van der Waals surface area contributed by atoms with Crippen LogP contribution in [-0.4, -0.2) is 25.1 Å². The Morgan fingerprint density at radius 2 is 1.81 bits per heavy atom. The van der Waals surface area contributed by atoms with Crippen LogP contribution in [0.5, 0.6) is 5.75 Å². The molecule has 0 radical (unpaired) electrons. The van der Waals surface area contributed by atoms with Crippen LogP contribution >= 0.6 is 0 Å². The van der Waals surface area contributed by atoms with Gasteiger partial charge in [-0.25, -0.2) is 13.6 Å². The number of rotatable bonds is 4. The van der Waals surface area contributed by atoms with Crippen molar-refractivity contribution in [3.63, 3.8) is 0 Å². The number of aldehydes is 1. The highest BCUT2D eigenvalue weighted by atomic mass is 19.1. The Morgan fingerprint density at radius 1 is 1.29 bits per heavy atom. The molecule has 1 unspecified atom stereocenters. The van der Waals surface area contributed by atoms with Crippen LogP contribution in [0.4, 0.5) is 13.6 Å². The summed E-state index contributed by atoms with van der Waals surface area (Å²) in [5, 5.41) is 2.11. The molecule has 1 N–H and O–H groups in total. The molecule has 0 aliphatic rings. The standard InChI is InChI=1S/C14H17F2NO4/c1-14(2,3)21-13(19)17-11(7-18)12-9(15)5-8(20-4)6-10(12)16/h5-7,11H,1-4H3,(H,17,19). The van der Waals surface area contributed by atoms with Crippen LogP contribution in [0.15, 0.2) is 12.1 Å². The van der Waals surface area contributed by atoms with Gasteiger partial charge in [-0.3, -0.25) is 0 Å². The lowest BCUT2D eigenvalue weighted by Gasteiger charge is -2.22. The lowest BCUT2D eigenvalue weighted by Crippen LogP contribution is -2.36. The van der Waals surface area contributed by atoms with Gasteiger partial charge in [-0.15, -0.1) is 0 Å². The van der Waals surface area contributed by atoms with Crippen molar-refractivity contribution in [3.05, 3.63) is 29.3 Å². The minimum Gasteiger partial charge on any atom is -0.497 e. The normalized spacial score (nSPS) is 12.5. The Labute approximate surface area is 121 Å². The molecule has 0 bridgehead atoms. The van der Waals surface area contributed by atoms with Gasteiger partial charge in [0.15, 0.2) is 0 Å². The second-order valence-electron chi connectivity index (χ2n) is 5.26. The smallest absolute Gasteiger partial charge is 0.408 e. The second-order valence-corrected chi connectivity index (χ2v) is 5.26. The fourth-order valence-electron chi connectivity index (χ4n) is 1.58. The van der Waals surface area contributed by atoms with E-state index in [0.717, 1.165) is 12.1 Å². The largest absolute Gasteiger partial charge is 0.497 e. The molecule has 0 saturated carbocycles. The number of benzene rings is 1. The fraction of sp³-hybridized carbons (Fsp3) is 0.429. The van der Waals surface area contributed by atoms with E-state index in [-0.39, 0.29) is 12.0 Å². The minimum atomic E-state index is -1.49. The molecule has 7 heteroatoms. The zero-order chi connectivity index (χ0) is 16.2. The van der Waals surface area contributed by atoms with Crippen LogP contribution < -0.4 is 10.1 Å². The summed E-state index contributed by atoms with van der Waals surface area (Å²) < 4.78 is 37.4. The molecule has 1 atom stereocenters. The van der Waals surface area contributed by atoms with Crippen molar-refractivity contribution in [3.8, 4) is 5.75 Å². The monoisotopic (exact) mass is 301 g/mol. The Balaban J connectivity index is 3.01. The molecule has 1 aromatic rings. The van der Waals surface area contributed by atoms with Crippen LogP contribution in [0.25, 0.3) is 0 Å². The maximum absolute atomic E-state index is 13.9. The number of halogens is 2. The number of hydrogen-bond donors (Lipinski definition) is 1. The zero-order valence-corrected chi connectivity index (χ0v) is 12.2. The highest BCUT2D eigenvalue weighted by Gasteiger charge is 2.25. The third-order valence-electron chi connectivity index (χ3n) is 2.41. The third kappa shape index (κ3) is 4.70. The van der Waals surface area contributed by atoms with Gasteiger partial charge >= 0.3 is 6.09 Å². The van der Waals surface area contributed by atoms with Crippen molar-refractivity contribution in [2.24, 2.45) is 0 Å². The van der Waals surface area contributed by atoms with E-state index in [9.17, 15) is 18.4 Å². The lowest BCUT2D eigenvalue weighted by molar-refractivity contribution is -0.109. The van der Waals surface area contributed by atoms with E-state index >= 15 is 0 Å². The molecule has 1 aromatic carbocycles. The molecule has 116 valence electrons. The number of alkyl carbamates (subject to hydrolysis) is 1. The fourth-order valence-corrected chi connectivity index (χ4v) is 1.58. The van der Waals surface area contributed by atoms with Gasteiger partial charge in [-0.05, 0) is 20.8 Å². The van der Waals surface area contributed by atoms with Crippen molar-refractivity contribution in [1.29, 1.82) is 0 Å². The first-order valence-corrected chi connectivity index (χ1v) is 6.15. The van der Waals surface area contributed by atoms with Crippen LogP contribution in [0.1, 0.15) is 32.4 Å². The maximum atomic E-state index is 13.9. The van der Waals surface area contributed by atoms with Crippen LogP contribution in [0.3, 0.4) is 0 Å². The Hall–Kier alpha value is -2.18. The predicted octanol–water partition coefficient (Wildman–Crippen LogP) is 2.74. The van der Waals surface area contributed by atoms with Gasteiger partial charge in [0, 0.05) is 12.1 Å². The molecular formula is C14H17F2NO4. The van der Waals surface area contributed by atoms with Crippen molar-refractivity contribution in [2.75, 3.05) is 7.11 Å². The van der Waals surface area contributed by atoms with Gasteiger partial charge in [-0.2, -0.15) is 0 Å². The van der Waals surface area contributed by atoms with Crippen molar-refractivity contribution in [1.82, 2.24) is 5.32 Å². The summed E-state index contributed by atoms with van der Waals surface area (Å²) in [5.41, 5.74) is -1.37. The highest BCUT2D eigenvalue weighted by Crippen LogP contribution is 2.25. The molecule has 0 aliphatic carbocycles. The summed E-state index contributed by atoms with van der Waals surface area (Å²) in [6, 6.07) is 0.350. The van der Waals surface area contributed by atoms with Crippen molar-refractivity contribution < 1.29 is 27.8 Å². The molecular weight excluding hydrogens is 284 g/mol. The van der Waals surface area contributed by atoms with Gasteiger partial charge in [0.2, 0.25) is 0 Å². The minimum absolute atomic E-state index is 0.0318. The van der Waals surface area contributed by atoms with Crippen LogP contribution in [-0.2, 0) is 9.53 Å². The number of ether oxygens (including phenoxy) is 2. The summed E-state index contributed by atoms with van der Waals surface area (Å²) in [7, 11) is 1.25. The molecule has 0 fully saturated rings. The molecule has 0 heterocycles. The quantitative estimate of drug-likeness (QED) is 0.869. The molecule has 21 heavy (non-hydrogen) atoms. The predicted molar refractivity (Wildman–Crippen MR) is 71.1 cm³/mol. The van der Waals surface area contributed by atoms with Gasteiger partial charge in [0.25, 0.3) is 0 Å². The Bertz CT molecular complexity index is 517. The number of methoxy groups -OCH3 is 1. The SMILES string of the molecule is COc1cc(F)c(C(C=O)NC(=O)OC(C)(C)C)c(F)c1. The average molecular weight is 301 g/mol. The molecule has 5 nitrogen and oxygen atoms in total. The molecule has 0 aromatic heterocycles. The topological polar surface area (TPSA) is 64.6 Å². The van der Waals surface area contributed by atoms with E-state index in [1.54, 1.807) is 20.8 Å². The number of nitrogens with one attached hydrogen (secondary N) is 1. The molecule has 1 amide bonds. The van der Waals surface area contributed by atoms with Gasteiger partial charge in [-0.1, -0.05) is 0 Å². The molecule has 0 spiro atoms. The number of hydrogen-bond acceptors (Lipinski definition) is 4. The van der Waals surface area contributed by atoms with E-state index in [1.807, 2.05) is 0 Å². The van der Waals surface area contributed by atoms with Gasteiger partial charge < -0.3 is 19.6 Å². The summed E-state index contributed by atoms with van der Waals surface area (Å²) in [6.45, 7) is 4.87. The van der Waals surface area contributed by atoms with E-state index < -0.39 is 34.9 Å². The number of carbonyl (C=O) groups is 2.